The van der Waals surface area contributed by atoms with Gasteiger partial charge in [0.05, 0.1) is 17.4 Å². The van der Waals surface area contributed by atoms with E-state index >= 15 is 0 Å². The number of hydrogen-bond acceptors (Lipinski definition) is 5. The maximum Gasteiger partial charge on any atom is 0.266 e. The van der Waals surface area contributed by atoms with Crippen molar-refractivity contribution in [1.82, 2.24) is 0 Å². The van der Waals surface area contributed by atoms with E-state index in [0.29, 0.717) is 16.9 Å². The van der Waals surface area contributed by atoms with Crippen molar-refractivity contribution in [2.45, 2.75) is 26.0 Å². The van der Waals surface area contributed by atoms with E-state index in [9.17, 15) is 14.7 Å². The molecule has 5 rings (SSSR count). The first kappa shape index (κ1) is 19.3. The molecule has 1 N–H and O–H groups in total. The van der Waals surface area contributed by atoms with Crippen LogP contribution in [0.1, 0.15) is 22.7 Å². The molecule has 6 heteroatoms. The number of hydroxylamine groups is 1. The van der Waals surface area contributed by atoms with E-state index in [2.05, 4.69) is 0 Å². The van der Waals surface area contributed by atoms with Crippen LogP contribution >= 0.6 is 0 Å². The van der Waals surface area contributed by atoms with Crippen molar-refractivity contribution in [2.75, 3.05) is 9.96 Å². The van der Waals surface area contributed by atoms with Gasteiger partial charge in [0.25, 0.3) is 5.91 Å². The molecule has 6 nitrogen and oxygen atoms in total. The average Bonchev–Trinajstić information content (AvgIpc) is 3.26. The van der Waals surface area contributed by atoms with Crippen LogP contribution in [0.25, 0.3) is 0 Å². The Morgan fingerprint density at radius 2 is 1.58 bits per heavy atom. The summed E-state index contributed by atoms with van der Waals surface area (Å²) in [6.45, 7) is 3.85. The number of amides is 2. The van der Waals surface area contributed by atoms with Gasteiger partial charge in [-0.25, -0.2) is 9.96 Å². The molecule has 0 aliphatic carbocycles. The molecule has 2 heterocycles. The first-order valence-corrected chi connectivity index (χ1v) is 10.2. The molecule has 0 saturated carbocycles. The number of fused-ring (bicyclic) bond motifs is 1. The number of rotatable bonds is 3. The van der Waals surface area contributed by atoms with E-state index in [4.69, 9.17) is 4.84 Å². The Morgan fingerprint density at radius 3 is 2.29 bits per heavy atom. The molecule has 0 radical (unpaired) electrons. The van der Waals surface area contributed by atoms with Crippen LogP contribution in [0.5, 0.6) is 5.75 Å². The normalized spacial score (nSPS) is 22.8. The van der Waals surface area contributed by atoms with Crippen LogP contribution in [0.4, 0.5) is 11.4 Å². The lowest BCUT2D eigenvalue weighted by Gasteiger charge is -2.29. The molecule has 156 valence electrons. The van der Waals surface area contributed by atoms with Gasteiger partial charge in [0.2, 0.25) is 5.91 Å². The number of hydrogen-bond donors (Lipinski definition) is 1. The highest BCUT2D eigenvalue weighted by molar-refractivity contribution is 6.24. The molecule has 0 aromatic heterocycles. The second-order valence-corrected chi connectivity index (χ2v) is 8.02. The summed E-state index contributed by atoms with van der Waals surface area (Å²) in [5.74, 6) is -1.43. The number of carbonyl (C=O) groups excluding carboxylic acids is 2. The van der Waals surface area contributed by atoms with Crippen LogP contribution in [0.3, 0.4) is 0 Å². The number of carbonyl (C=O) groups is 2. The van der Waals surface area contributed by atoms with Gasteiger partial charge in [-0.3, -0.25) is 14.4 Å². The van der Waals surface area contributed by atoms with Crippen LogP contribution < -0.4 is 9.96 Å². The maximum absolute atomic E-state index is 13.6. The smallest absolute Gasteiger partial charge is 0.266 e. The topological polar surface area (TPSA) is 70.1 Å². The van der Waals surface area contributed by atoms with Gasteiger partial charge < -0.3 is 5.11 Å². The predicted octanol–water partition coefficient (Wildman–Crippen LogP) is 4.06. The molecule has 2 fully saturated rings. The molecule has 3 atom stereocenters. The van der Waals surface area contributed by atoms with Gasteiger partial charge in [0.1, 0.15) is 11.7 Å². The van der Waals surface area contributed by atoms with Crippen molar-refractivity contribution < 1.29 is 19.5 Å². The van der Waals surface area contributed by atoms with Crippen molar-refractivity contribution in [1.29, 1.82) is 0 Å². The first-order valence-electron chi connectivity index (χ1n) is 10.2. The van der Waals surface area contributed by atoms with Gasteiger partial charge >= 0.3 is 0 Å². The molecule has 31 heavy (non-hydrogen) atoms. The third-order valence-corrected chi connectivity index (χ3v) is 5.97. The summed E-state index contributed by atoms with van der Waals surface area (Å²) in [6.07, 6.45) is -0.960. The fourth-order valence-electron chi connectivity index (χ4n) is 4.56. The van der Waals surface area contributed by atoms with Crippen molar-refractivity contribution >= 4 is 23.2 Å². The Bertz CT molecular complexity index is 1180. The van der Waals surface area contributed by atoms with Gasteiger partial charge in [-0.1, -0.05) is 54.1 Å². The van der Waals surface area contributed by atoms with Crippen LogP contribution in [-0.2, 0) is 14.4 Å². The molecule has 0 spiro atoms. The van der Waals surface area contributed by atoms with Crippen molar-refractivity contribution in [2.24, 2.45) is 5.92 Å². The highest BCUT2D eigenvalue weighted by atomic mass is 16.7. The number of benzene rings is 3. The van der Waals surface area contributed by atoms with E-state index in [1.165, 1.54) is 4.90 Å². The van der Waals surface area contributed by atoms with Crippen LogP contribution in [0, 0.1) is 19.8 Å². The number of nitrogens with zero attached hydrogens (tertiary/aromatic N) is 2. The summed E-state index contributed by atoms with van der Waals surface area (Å²) in [4.78, 5) is 34.3. The highest BCUT2D eigenvalue weighted by Crippen LogP contribution is 2.49. The minimum Gasteiger partial charge on any atom is -0.508 e. The Labute approximate surface area is 180 Å². The fraction of sp³-hybridized carbons (Fsp3) is 0.200. The van der Waals surface area contributed by atoms with Gasteiger partial charge in [0.15, 0.2) is 6.10 Å². The van der Waals surface area contributed by atoms with Crippen LogP contribution in [0.15, 0.2) is 72.8 Å². The lowest BCUT2D eigenvalue weighted by atomic mass is 9.90. The number of aryl methyl sites for hydroxylation is 2. The van der Waals surface area contributed by atoms with E-state index in [0.717, 1.165) is 11.1 Å². The fourth-order valence-corrected chi connectivity index (χ4v) is 4.56. The SMILES string of the molecule is Cc1ccc(N2C(=O)[C@@H]3[C@H](ON(c4ccccc4)[C@@H]3c3ccccc3O)C2=O)c(C)c1. The van der Waals surface area contributed by atoms with Gasteiger partial charge in [-0.05, 0) is 43.7 Å². The largest absolute Gasteiger partial charge is 0.508 e. The van der Waals surface area contributed by atoms with E-state index in [1.54, 1.807) is 35.4 Å². The summed E-state index contributed by atoms with van der Waals surface area (Å²) >= 11 is 0. The standard InChI is InChI=1S/C25H22N2O4/c1-15-12-13-19(16(2)14-15)26-24(29)21-22(18-10-6-7-11-20(18)28)27(31-23(21)25(26)30)17-8-4-3-5-9-17/h3-14,21-23,28H,1-2H3/t21-,22+,23-/m0/s1. The molecular weight excluding hydrogens is 392 g/mol. The maximum atomic E-state index is 13.6. The van der Waals surface area contributed by atoms with E-state index in [1.807, 2.05) is 56.3 Å². The first-order chi connectivity index (χ1) is 15.0. The zero-order valence-corrected chi connectivity index (χ0v) is 17.2. The van der Waals surface area contributed by atoms with Gasteiger partial charge in [-0.2, -0.15) is 0 Å². The number of para-hydroxylation sites is 2. The minimum atomic E-state index is -0.960. The third-order valence-electron chi connectivity index (χ3n) is 5.97. The van der Waals surface area contributed by atoms with Crippen molar-refractivity contribution in [3.63, 3.8) is 0 Å². The van der Waals surface area contributed by atoms with Crippen molar-refractivity contribution in [3.8, 4) is 5.75 Å². The van der Waals surface area contributed by atoms with Crippen LogP contribution in [0.2, 0.25) is 0 Å². The second-order valence-electron chi connectivity index (χ2n) is 8.02. The monoisotopic (exact) mass is 414 g/mol. The van der Waals surface area contributed by atoms with Gasteiger partial charge in [-0.15, -0.1) is 0 Å². The highest BCUT2D eigenvalue weighted by Gasteiger charge is 2.60. The summed E-state index contributed by atoms with van der Waals surface area (Å²) in [5.41, 5.74) is 3.73. The molecule has 3 aromatic rings. The number of anilines is 2. The van der Waals surface area contributed by atoms with E-state index < -0.39 is 18.1 Å². The zero-order valence-electron chi connectivity index (χ0n) is 17.2. The molecule has 2 saturated heterocycles. The Kier molecular flexibility index (Phi) is 4.52. The molecule has 2 amide bonds. The van der Waals surface area contributed by atoms with Crippen LogP contribution in [-0.4, -0.2) is 23.0 Å². The Morgan fingerprint density at radius 1 is 0.871 bits per heavy atom. The molecule has 2 aliphatic heterocycles. The lowest BCUT2D eigenvalue weighted by Crippen LogP contribution is -2.37. The molecule has 3 aromatic carbocycles. The summed E-state index contributed by atoms with van der Waals surface area (Å²) in [7, 11) is 0. The summed E-state index contributed by atoms with van der Waals surface area (Å²) < 4.78 is 0. The lowest BCUT2D eigenvalue weighted by molar-refractivity contribution is -0.126. The van der Waals surface area contributed by atoms with E-state index in [-0.39, 0.29) is 17.6 Å². The minimum absolute atomic E-state index is 0.0582. The number of phenols is 1. The summed E-state index contributed by atoms with van der Waals surface area (Å²) in [5, 5.41) is 12.2. The number of phenolic OH excluding ortho intramolecular Hbond substituents is 1. The number of aromatic hydroxyl groups is 1. The molecule has 0 unspecified atom stereocenters. The number of imide groups is 1. The summed E-state index contributed by atoms with van der Waals surface area (Å²) in [6, 6.07) is 21.2. The molecule has 0 bridgehead atoms. The zero-order chi connectivity index (χ0) is 21.7. The predicted molar refractivity (Wildman–Crippen MR) is 117 cm³/mol. The van der Waals surface area contributed by atoms with Crippen molar-refractivity contribution in [3.05, 3.63) is 89.5 Å². The molecule has 2 aliphatic rings. The Balaban J connectivity index is 1.61. The Hall–Kier alpha value is -3.64. The third kappa shape index (κ3) is 2.99. The quantitative estimate of drug-likeness (QED) is 0.655. The molecular formula is C25H22N2O4. The van der Waals surface area contributed by atoms with Gasteiger partial charge in [0, 0.05) is 5.56 Å². The second kappa shape index (κ2) is 7.25. The average molecular weight is 414 g/mol.